The van der Waals surface area contributed by atoms with E-state index < -0.39 is 10.0 Å². The standard InChI is InChI=1S/C19H16N4O3S2/c20-28(25,26)14-8-4-7-13(9-14)21-10-16-22-18(24)17-15(11-27-19(17)23-16)12-5-2-1-3-6-12/h1-9,11,21H,10H2,(H2,20,25,26)(H,22,23,24). The zero-order valence-corrected chi connectivity index (χ0v) is 16.2. The maximum absolute atomic E-state index is 12.6. The SMILES string of the molecule is NS(=O)(=O)c1cccc(NCc2nc3scc(-c4ccccc4)c3c(=O)[nH]2)c1. The van der Waals surface area contributed by atoms with Crippen LogP contribution in [-0.2, 0) is 16.6 Å². The number of aromatic nitrogens is 2. The third-order valence-corrected chi connectivity index (χ3v) is 5.98. The van der Waals surface area contributed by atoms with E-state index in [0.717, 1.165) is 11.1 Å². The van der Waals surface area contributed by atoms with Gasteiger partial charge in [0.1, 0.15) is 10.7 Å². The lowest BCUT2D eigenvalue weighted by molar-refractivity contribution is 0.598. The third-order valence-electron chi connectivity index (χ3n) is 4.20. The largest absolute Gasteiger partial charge is 0.378 e. The second-order valence-electron chi connectivity index (χ2n) is 6.13. The predicted molar refractivity (Wildman–Crippen MR) is 111 cm³/mol. The number of fused-ring (bicyclic) bond motifs is 1. The number of H-pyrrole nitrogens is 1. The summed E-state index contributed by atoms with van der Waals surface area (Å²) in [6.45, 7) is 0.234. The van der Waals surface area contributed by atoms with E-state index in [1.165, 1.54) is 23.5 Å². The number of benzene rings is 2. The third kappa shape index (κ3) is 3.68. The number of hydrogen-bond acceptors (Lipinski definition) is 6. The first kappa shape index (κ1) is 18.4. The van der Waals surface area contributed by atoms with Gasteiger partial charge in [-0.3, -0.25) is 4.79 Å². The van der Waals surface area contributed by atoms with Crippen molar-refractivity contribution in [3.8, 4) is 11.1 Å². The minimum Gasteiger partial charge on any atom is -0.378 e. The van der Waals surface area contributed by atoms with E-state index in [-0.39, 0.29) is 17.0 Å². The van der Waals surface area contributed by atoms with Gasteiger partial charge >= 0.3 is 0 Å². The molecule has 142 valence electrons. The van der Waals surface area contributed by atoms with Crippen LogP contribution in [0.4, 0.5) is 5.69 Å². The molecular formula is C19H16N4O3S2. The molecule has 0 spiro atoms. The Morgan fingerprint density at radius 1 is 1.11 bits per heavy atom. The van der Waals surface area contributed by atoms with Gasteiger partial charge in [-0.15, -0.1) is 11.3 Å². The molecular weight excluding hydrogens is 396 g/mol. The number of thiophene rings is 1. The summed E-state index contributed by atoms with van der Waals surface area (Å²) < 4.78 is 22.9. The minimum absolute atomic E-state index is 0.0140. The van der Waals surface area contributed by atoms with Gasteiger partial charge in [-0.25, -0.2) is 18.5 Å². The van der Waals surface area contributed by atoms with E-state index in [4.69, 9.17) is 5.14 Å². The van der Waals surface area contributed by atoms with Crippen LogP contribution in [0.5, 0.6) is 0 Å². The van der Waals surface area contributed by atoms with E-state index in [0.29, 0.717) is 21.7 Å². The van der Waals surface area contributed by atoms with Crippen LogP contribution < -0.4 is 16.0 Å². The van der Waals surface area contributed by atoms with Crippen molar-refractivity contribution in [2.24, 2.45) is 5.14 Å². The van der Waals surface area contributed by atoms with E-state index >= 15 is 0 Å². The van der Waals surface area contributed by atoms with E-state index in [1.54, 1.807) is 12.1 Å². The normalized spacial score (nSPS) is 11.6. The average Bonchev–Trinajstić information content (AvgIpc) is 3.11. The van der Waals surface area contributed by atoms with Crippen molar-refractivity contribution in [3.63, 3.8) is 0 Å². The molecule has 28 heavy (non-hydrogen) atoms. The van der Waals surface area contributed by atoms with Crippen LogP contribution in [0.3, 0.4) is 0 Å². The average molecular weight is 412 g/mol. The Morgan fingerprint density at radius 3 is 2.64 bits per heavy atom. The lowest BCUT2D eigenvalue weighted by Crippen LogP contribution is -2.15. The molecule has 2 aromatic carbocycles. The summed E-state index contributed by atoms with van der Waals surface area (Å²) in [6, 6.07) is 15.8. The highest BCUT2D eigenvalue weighted by Crippen LogP contribution is 2.30. The van der Waals surface area contributed by atoms with Gasteiger partial charge in [0.05, 0.1) is 16.8 Å². The molecule has 0 amide bonds. The fraction of sp³-hybridized carbons (Fsp3) is 0.0526. The zero-order valence-electron chi connectivity index (χ0n) is 14.5. The van der Waals surface area contributed by atoms with Crippen LogP contribution in [0.1, 0.15) is 5.82 Å². The number of nitrogens with zero attached hydrogens (tertiary/aromatic N) is 1. The molecule has 4 rings (SSSR count). The summed E-state index contributed by atoms with van der Waals surface area (Å²) in [5, 5.41) is 10.7. The first-order valence-electron chi connectivity index (χ1n) is 8.34. The molecule has 4 N–H and O–H groups in total. The molecule has 0 saturated heterocycles. The van der Waals surface area contributed by atoms with Crippen molar-refractivity contribution in [1.29, 1.82) is 0 Å². The predicted octanol–water partition coefficient (Wildman–Crippen LogP) is 2.91. The highest BCUT2D eigenvalue weighted by Gasteiger charge is 2.13. The first-order chi connectivity index (χ1) is 13.4. The van der Waals surface area contributed by atoms with Crippen molar-refractivity contribution in [1.82, 2.24) is 9.97 Å². The minimum atomic E-state index is -3.78. The van der Waals surface area contributed by atoms with Gasteiger partial charge in [0.2, 0.25) is 10.0 Å². The van der Waals surface area contributed by atoms with Crippen LogP contribution in [0.25, 0.3) is 21.3 Å². The van der Waals surface area contributed by atoms with Crippen molar-refractivity contribution >= 4 is 37.3 Å². The monoisotopic (exact) mass is 412 g/mol. The molecule has 0 fully saturated rings. The Kier molecular flexibility index (Phi) is 4.71. The van der Waals surface area contributed by atoms with Crippen molar-refractivity contribution < 1.29 is 8.42 Å². The molecule has 0 radical (unpaired) electrons. The summed E-state index contributed by atoms with van der Waals surface area (Å²) in [5.74, 6) is 0.458. The fourth-order valence-electron chi connectivity index (χ4n) is 2.88. The number of aromatic amines is 1. The van der Waals surface area contributed by atoms with E-state index in [2.05, 4.69) is 15.3 Å². The molecule has 4 aromatic rings. The van der Waals surface area contributed by atoms with Gasteiger partial charge in [0, 0.05) is 16.6 Å². The van der Waals surface area contributed by atoms with Gasteiger partial charge in [-0.05, 0) is 23.8 Å². The Balaban J connectivity index is 1.62. The molecule has 0 atom stereocenters. The van der Waals surface area contributed by atoms with Crippen molar-refractivity contribution in [3.05, 3.63) is 76.2 Å². The highest BCUT2D eigenvalue weighted by atomic mass is 32.2. The number of hydrogen-bond donors (Lipinski definition) is 3. The number of nitrogens with two attached hydrogens (primary N) is 1. The zero-order chi connectivity index (χ0) is 19.7. The Morgan fingerprint density at radius 2 is 1.89 bits per heavy atom. The molecule has 0 aliphatic carbocycles. The maximum Gasteiger partial charge on any atom is 0.260 e. The second kappa shape index (κ2) is 7.19. The lowest BCUT2D eigenvalue weighted by atomic mass is 10.1. The molecule has 9 heteroatoms. The molecule has 2 heterocycles. The van der Waals surface area contributed by atoms with Crippen molar-refractivity contribution in [2.75, 3.05) is 5.32 Å². The molecule has 0 saturated carbocycles. The summed E-state index contributed by atoms with van der Waals surface area (Å²) in [7, 11) is -3.78. The Bertz CT molecular complexity index is 1310. The first-order valence-corrected chi connectivity index (χ1v) is 10.8. The number of rotatable bonds is 5. The van der Waals surface area contributed by atoms with Gasteiger partial charge < -0.3 is 10.3 Å². The van der Waals surface area contributed by atoms with Crippen LogP contribution in [0.15, 0.2) is 69.7 Å². The van der Waals surface area contributed by atoms with E-state index in [1.807, 2.05) is 35.7 Å². The number of nitrogens with one attached hydrogen (secondary N) is 2. The number of sulfonamides is 1. The Labute approximate surface area is 164 Å². The smallest absolute Gasteiger partial charge is 0.260 e. The summed E-state index contributed by atoms with van der Waals surface area (Å²) in [5.41, 5.74) is 2.17. The molecule has 7 nitrogen and oxygen atoms in total. The summed E-state index contributed by atoms with van der Waals surface area (Å²) in [6.07, 6.45) is 0. The number of primary sulfonamides is 1. The maximum atomic E-state index is 12.6. The topological polar surface area (TPSA) is 118 Å². The van der Waals surface area contributed by atoms with Crippen molar-refractivity contribution in [2.45, 2.75) is 11.4 Å². The quantitative estimate of drug-likeness (QED) is 0.466. The summed E-state index contributed by atoms with van der Waals surface area (Å²) >= 11 is 1.41. The fourth-order valence-corrected chi connectivity index (χ4v) is 4.40. The molecule has 0 bridgehead atoms. The molecule has 0 aliphatic heterocycles. The highest BCUT2D eigenvalue weighted by molar-refractivity contribution is 7.89. The molecule has 2 aromatic heterocycles. The number of anilines is 1. The summed E-state index contributed by atoms with van der Waals surface area (Å²) in [4.78, 5) is 20.6. The van der Waals surface area contributed by atoms with Gasteiger partial charge in [-0.1, -0.05) is 36.4 Å². The van der Waals surface area contributed by atoms with Crippen LogP contribution in [0, 0.1) is 0 Å². The lowest BCUT2D eigenvalue weighted by Gasteiger charge is -2.07. The van der Waals surface area contributed by atoms with Gasteiger partial charge in [0.25, 0.3) is 5.56 Å². The van der Waals surface area contributed by atoms with Gasteiger partial charge in [0.15, 0.2) is 0 Å². The van der Waals surface area contributed by atoms with Crippen LogP contribution in [0.2, 0.25) is 0 Å². The molecule has 0 aliphatic rings. The van der Waals surface area contributed by atoms with Gasteiger partial charge in [-0.2, -0.15) is 0 Å². The molecule has 0 unspecified atom stereocenters. The second-order valence-corrected chi connectivity index (χ2v) is 8.55. The van der Waals surface area contributed by atoms with Crippen LogP contribution in [-0.4, -0.2) is 18.4 Å². The van der Waals surface area contributed by atoms with E-state index in [9.17, 15) is 13.2 Å². The van der Waals surface area contributed by atoms with Crippen LogP contribution >= 0.6 is 11.3 Å². The Hall–Kier alpha value is -3.01.